The molecule has 0 aliphatic carbocycles. The summed E-state index contributed by atoms with van der Waals surface area (Å²) in [5.74, 6) is -2.33. The number of rotatable bonds is 3. The van der Waals surface area contributed by atoms with Crippen LogP contribution >= 0.6 is 0 Å². The maximum Gasteiger partial charge on any atom is 0.310 e. The number of ether oxygens (including phenoxy) is 1. The number of carbonyl (C=O) groups is 1. The van der Waals surface area contributed by atoms with Crippen molar-refractivity contribution in [2.75, 3.05) is 7.11 Å². The molecule has 5 nitrogen and oxygen atoms in total. The molecule has 3 rings (SSSR count). The average Bonchev–Trinajstić information content (AvgIpc) is 2.97. The van der Waals surface area contributed by atoms with Gasteiger partial charge >= 0.3 is 5.97 Å². The van der Waals surface area contributed by atoms with E-state index >= 15 is 0 Å². The normalized spacial score (nSPS) is 11.0. The number of methoxy groups -OCH3 is 1. The van der Waals surface area contributed by atoms with Crippen LogP contribution in [0.4, 0.5) is 8.78 Å². The molecule has 0 N–H and O–H groups in total. The van der Waals surface area contributed by atoms with E-state index < -0.39 is 24.0 Å². The Kier molecular flexibility index (Phi) is 3.77. The largest absolute Gasteiger partial charge is 0.469 e. The number of fused-ring (bicyclic) bond motifs is 1. The van der Waals surface area contributed by atoms with Crippen LogP contribution in [-0.2, 0) is 23.0 Å². The molecule has 0 spiro atoms. The molecule has 3 aromatic rings. The zero-order valence-electron chi connectivity index (χ0n) is 12.5. The van der Waals surface area contributed by atoms with Crippen molar-refractivity contribution in [1.29, 1.82) is 0 Å². The number of esters is 1. The first-order chi connectivity index (χ1) is 11.0. The highest BCUT2D eigenvalue weighted by atomic mass is 19.1. The van der Waals surface area contributed by atoms with Crippen molar-refractivity contribution in [3.8, 4) is 11.1 Å². The van der Waals surface area contributed by atoms with Gasteiger partial charge in [-0.25, -0.2) is 8.78 Å². The molecule has 0 unspecified atom stereocenters. The van der Waals surface area contributed by atoms with Gasteiger partial charge in [0, 0.05) is 47.6 Å². The number of carbonyl (C=O) groups excluding carboxylic acids is 1. The van der Waals surface area contributed by atoms with E-state index in [2.05, 4.69) is 14.8 Å². The summed E-state index contributed by atoms with van der Waals surface area (Å²) in [6.07, 6.45) is 4.44. The molecule has 2 heterocycles. The zero-order chi connectivity index (χ0) is 16.6. The predicted octanol–water partition coefficient (Wildman–Crippen LogP) is 2.63. The number of aryl methyl sites for hydroxylation is 1. The smallest absolute Gasteiger partial charge is 0.310 e. The Labute approximate surface area is 130 Å². The molecule has 0 saturated heterocycles. The SMILES string of the molecule is COC(=O)Cc1c(F)cc2ncc(-c3cnn(C)c3)cc2c1F. The standard InChI is InChI=1S/C16H13F2N3O2/c1-21-8-10(7-20-21)9-3-12-14(19-6-9)5-13(17)11(16(12)18)4-15(22)23-2/h3,5-8H,4H2,1-2H3. The molecule has 0 atom stereocenters. The second-order valence-corrected chi connectivity index (χ2v) is 5.10. The van der Waals surface area contributed by atoms with E-state index in [1.54, 1.807) is 30.2 Å². The van der Waals surface area contributed by atoms with Crippen molar-refractivity contribution in [1.82, 2.24) is 14.8 Å². The Morgan fingerprint density at radius 1 is 1.26 bits per heavy atom. The van der Waals surface area contributed by atoms with E-state index in [1.165, 1.54) is 13.3 Å². The van der Waals surface area contributed by atoms with Gasteiger partial charge in [0.05, 0.1) is 25.2 Å². The predicted molar refractivity (Wildman–Crippen MR) is 79.6 cm³/mol. The van der Waals surface area contributed by atoms with Gasteiger partial charge in [0.1, 0.15) is 11.6 Å². The van der Waals surface area contributed by atoms with Crippen LogP contribution in [0.15, 0.2) is 30.7 Å². The van der Waals surface area contributed by atoms with E-state index in [0.29, 0.717) is 5.56 Å². The van der Waals surface area contributed by atoms with Crippen molar-refractivity contribution in [3.63, 3.8) is 0 Å². The quantitative estimate of drug-likeness (QED) is 0.697. The lowest BCUT2D eigenvalue weighted by Crippen LogP contribution is -2.09. The summed E-state index contributed by atoms with van der Waals surface area (Å²) >= 11 is 0. The van der Waals surface area contributed by atoms with Crippen LogP contribution in [0, 0.1) is 11.6 Å². The van der Waals surface area contributed by atoms with Crippen LogP contribution in [0.1, 0.15) is 5.56 Å². The van der Waals surface area contributed by atoms with Gasteiger partial charge in [0.15, 0.2) is 0 Å². The number of benzene rings is 1. The van der Waals surface area contributed by atoms with Crippen LogP contribution < -0.4 is 0 Å². The number of hydrogen-bond donors (Lipinski definition) is 0. The second kappa shape index (κ2) is 5.75. The lowest BCUT2D eigenvalue weighted by Gasteiger charge is -2.08. The van der Waals surface area contributed by atoms with Crippen molar-refractivity contribution < 1.29 is 18.3 Å². The minimum atomic E-state index is -0.818. The highest BCUT2D eigenvalue weighted by Gasteiger charge is 2.18. The third-order valence-electron chi connectivity index (χ3n) is 3.56. The topological polar surface area (TPSA) is 57.0 Å². The highest BCUT2D eigenvalue weighted by molar-refractivity contribution is 5.86. The number of pyridine rings is 1. The van der Waals surface area contributed by atoms with Gasteiger partial charge in [0.25, 0.3) is 0 Å². The van der Waals surface area contributed by atoms with Crippen molar-refractivity contribution in [2.45, 2.75) is 6.42 Å². The Morgan fingerprint density at radius 2 is 2.04 bits per heavy atom. The molecule has 7 heteroatoms. The minimum Gasteiger partial charge on any atom is -0.469 e. The second-order valence-electron chi connectivity index (χ2n) is 5.10. The number of halogens is 2. The molecular formula is C16H13F2N3O2. The first kappa shape index (κ1) is 15.1. The van der Waals surface area contributed by atoms with Crippen LogP contribution in [0.5, 0.6) is 0 Å². The van der Waals surface area contributed by atoms with Gasteiger partial charge in [-0.15, -0.1) is 0 Å². The van der Waals surface area contributed by atoms with E-state index in [-0.39, 0.29) is 16.5 Å². The fourth-order valence-electron chi connectivity index (χ4n) is 2.35. The fourth-order valence-corrected chi connectivity index (χ4v) is 2.35. The van der Waals surface area contributed by atoms with E-state index in [1.807, 2.05) is 0 Å². The molecule has 0 aliphatic rings. The molecule has 0 amide bonds. The van der Waals surface area contributed by atoms with Gasteiger partial charge in [-0.1, -0.05) is 0 Å². The van der Waals surface area contributed by atoms with Gasteiger partial charge in [-0.05, 0) is 6.07 Å². The van der Waals surface area contributed by atoms with Crippen molar-refractivity contribution >= 4 is 16.9 Å². The molecule has 0 radical (unpaired) electrons. The Balaban J connectivity index is 2.15. The van der Waals surface area contributed by atoms with Crippen LogP contribution in [-0.4, -0.2) is 27.8 Å². The summed E-state index contributed by atoms with van der Waals surface area (Å²) in [7, 11) is 2.93. The first-order valence-electron chi connectivity index (χ1n) is 6.82. The maximum absolute atomic E-state index is 14.6. The van der Waals surface area contributed by atoms with Crippen molar-refractivity contribution in [3.05, 3.63) is 47.9 Å². The summed E-state index contributed by atoms with van der Waals surface area (Å²) < 4.78 is 34.7. The highest BCUT2D eigenvalue weighted by Crippen LogP contribution is 2.27. The average molecular weight is 317 g/mol. The van der Waals surface area contributed by atoms with Gasteiger partial charge in [0.2, 0.25) is 0 Å². The monoisotopic (exact) mass is 317 g/mol. The van der Waals surface area contributed by atoms with E-state index in [4.69, 9.17) is 0 Å². The zero-order valence-corrected chi connectivity index (χ0v) is 12.5. The molecule has 23 heavy (non-hydrogen) atoms. The van der Waals surface area contributed by atoms with Crippen molar-refractivity contribution in [2.24, 2.45) is 7.05 Å². The number of hydrogen-bond acceptors (Lipinski definition) is 4. The van der Waals surface area contributed by atoms with E-state index in [9.17, 15) is 13.6 Å². The third kappa shape index (κ3) is 2.77. The molecule has 2 aromatic heterocycles. The summed E-state index contributed by atoms with van der Waals surface area (Å²) in [4.78, 5) is 15.4. The summed E-state index contributed by atoms with van der Waals surface area (Å²) in [5, 5.41) is 4.20. The molecule has 1 aromatic carbocycles. The molecule has 0 aliphatic heterocycles. The maximum atomic E-state index is 14.6. The van der Waals surface area contributed by atoms with Crippen LogP contribution in [0.2, 0.25) is 0 Å². The Morgan fingerprint density at radius 3 is 2.70 bits per heavy atom. The van der Waals surface area contributed by atoms with E-state index in [0.717, 1.165) is 11.6 Å². The lowest BCUT2D eigenvalue weighted by molar-refractivity contribution is -0.139. The van der Waals surface area contributed by atoms with Crippen LogP contribution in [0.25, 0.3) is 22.0 Å². The molecule has 0 saturated carbocycles. The van der Waals surface area contributed by atoms with Gasteiger partial charge < -0.3 is 4.74 Å². The lowest BCUT2D eigenvalue weighted by atomic mass is 10.0. The Bertz CT molecular complexity index is 906. The third-order valence-corrected chi connectivity index (χ3v) is 3.56. The number of aromatic nitrogens is 3. The Hall–Kier alpha value is -2.83. The summed E-state index contributed by atoms with van der Waals surface area (Å²) in [6, 6.07) is 2.68. The van der Waals surface area contributed by atoms with Crippen LogP contribution in [0.3, 0.4) is 0 Å². The fraction of sp³-hybridized carbons (Fsp3) is 0.188. The molecule has 118 valence electrons. The molecule has 0 bridgehead atoms. The summed E-state index contributed by atoms with van der Waals surface area (Å²) in [6.45, 7) is 0. The summed E-state index contributed by atoms with van der Waals surface area (Å²) in [5.41, 5.74) is 1.27. The first-order valence-corrected chi connectivity index (χ1v) is 6.82. The molecular weight excluding hydrogens is 304 g/mol. The van der Waals surface area contributed by atoms with Gasteiger partial charge in [-0.2, -0.15) is 5.10 Å². The number of nitrogens with zero attached hydrogens (tertiary/aromatic N) is 3. The minimum absolute atomic E-state index is 0.145. The van der Waals surface area contributed by atoms with Gasteiger partial charge in [-0.3, -0.25) is 14.5 Å². The molecule has 0 fully saturated rings.